The zero-order valence-electron chi connectivity index (χ0n) is 6.64. The summed E-state index contributed by atoms with van der Waals surface area (Å²) in [5, 5.41) is 27.5. The number of aromatic hydroxyl groups is 3. The second kappa shape index (κ2) is 2.38. The van der Waals surface area contributed by atoms with Crippen molar-refractivity contribution in [3.63, 3.8) is 0 Å². The molecule has 0 aliphatic carbocycles. The summed E-state index contributed by atoms with van der Waals surface area (Å²) < 4.78 is 4.14. The van der Waals surface area contributed by atoms with Crippen molar-refractivity contribution in [2.24, 2.45) is 0 Å². The lowest BCUT2D eigenvalue weighted by Gasteiger charge is -2.01. The topological polar surface area (TPSA) is 104 Å². The van der Waals surface area contributed by atoms with E-state index in [0.717, 1.165) is 6.07 Å². The summed E-state index contributed by atoms with van der Waals surface area (Å²) in [6, 6.07) is 0.758. The Hall–Kier alpha value is -2.24. The predicted octanol–water partition coefficient (Wildman–Crippen LogP) is 0.114. The highest BCUT2D eigenvalue weighted by molar-refractivity contribution is 6.18. The molecule has 1 aliphatic heterocycles. The Kier molecular flexibility index (Phi) is 1.42. The van der Waals surface area contributed by atoms with E-state index in [-0.39, 0.29) is 0 Å². The van der Waals surface area contributed by atoms with E-state index in [1.165, 1.54) is 0 Å². The molecule has 3 N–H and O–H groups in total. The minimum absolute atomic E-state index is 0.426. The Bertz CT molecular complexity index is 461. The molecule has 2 rings (SSSR count). The monoisotopic (exact) mass is 196 g/mol. The van der Waals surface area contributed by atoms with Gasteiger partial charge in [0.1, 0.15) is 16.9 Å². The first kappa shape index (κ1) is 8.36. The van der Waals surface area contributed by atoms with Crippen molar-refractivity contribution >= 4 is 11.9 Å². The van der Waals surface area contributed by atoms with Crippen LogP contribution in [0.1, 0.15) is 20.7 Å². The highest BCUT2D eigenvalue weighted by Gasteiger charge is 2.37. The molecule has 0 fully saturated rings. The van der Waals surface area contributed by atoms with Gasteiger partial charge in [-0.15, -0.1) is 0 Å². The fourth-order valence-electron chi connectivity index (χ4n) is 1.24. The third-order valence-corrected chi connectivity index (χ3v) is 1.85. The Balaban J connectivity index is 2.86. The highest BCUT2D eigenvalue weighted by atomic mass is 16.6. The SMILES string of the molecule is O=C1OC(=O)c2c(O)c(O)cc(O)c21. The maximum Gasteiger partial charge on any atom is 0.351 e. The molecule has 0 atom stereocenters. The maximum absolute atomic E-state index is 11.0. The summed E-state index contributed by atoms with van der Waals surface area (Å²) in [6.45, 7) is 0. The van der Waals surface area contributed by atoms with Gasteiger partial charge in [0.2, 0.25) is 0 Å². The molecule has 0 radical (unpaired) electrons. The molecule has 0 spiro atoms. The van der Waals surface area contributed by atoms with Crippen LogP contribution in [0.5, 0.6) is 17.2 Å². The van der Waals surface area contributed by atoms with Crippen molar-refractivity contribution in [3.05, 3.63) is 17.2 Å². The number of phenols is 3. The van der Waals surface area contributed by atoms with Gasteiger partial charge in [0, 0.05) is 6.07 Å². The fourth-order valence-corrected chi connectivity index (χ4v) is 1.24. The van der Waals surface area contributed by atoms with Crippen LogP contribution >= 0.6 is 0 Å². The summed E-state index contributed by atoms with van der Waals surface area (Å²) >= 11 is 0. The average molecular weight is 196 g/mol. The zero-order valence-corrected chi connectivity index (χ0v) is 6.64. The molecule has 72 valence electrons. The van der Waals surface area contributed by atoms with Gasteiger partial charge in [-0.3, -0.25) is 0 Å². The van der Waals surface area contributed by atoms with Crippen LogP contribution < -0.4 is 0 Å². The van der Waals surface area contributed by atoms with Crippen LogP contribution in [0.2, 0.25) is 0 Å². The van der Waals surface area contributed by atoms with Crippen molar-refractivity contribution < 1.29 is 29.6 Å². The number of cyclic esters (lactones) is 2. The number of esters is 2. The van der Waals surface area contributed by atoms with Gasteiger partial charge in [-0.2, -0.15) is 0 Å². The van der Waals surface area contributed by atoms with E-state index >= 15 is 0 Å². The number of fused-ring (bicyclic) bond motifs is 1. The fraction of sp³-hybridized carbons (Fsp3) is 0. The van der Waals surface area contributed by atoms with Gasteiger partial charge in [-0.1, -0.05) is 0 Å². The molecule has 1 aliphatic rings. The van der Waals surface area contributed by atoms with Crippen molar-refractivity contribution in [1.29, 1.82) is 0 Å². The first-order valence-electron chi connectivity index (χ1n) is 3.56. The first-order chi connectivity index (χ1) is 6.52. The van der Waals surface area contributed by atoms with Crippen LogP contribution in [0.15, 0.2) is 6.07 Å². The summed E-state index contributed by atoms with van der Waals surface area (Å²) in [6.07, 6.45) is 0. The second-order valence-electron chi connectivity index (χ2n) is 2.69. The predicted molar refractivity (Wildman–Crippen MR) is 41.2 cm³/mol. The normalized spacial score (nSPS) is 14.0. The summed E-state index contributed by atoms with van der Waals surface area (Å²) in [5.74, 6) is -4.20. The van der Waals surface area contributed by atoms with E-state index in [1.54, 1.807) is 0 Å². The van der Waals surface area contributed by atoms with E-state index in [9.17, 15) is 19.8 Å². The van der Waals surface area contributed by atoms with Crippen molar-refractivity contribution in [1.82, 2.24) is 0 Å². The Morgan fingerprint density at radius 1 is 0.929 bits per heavy atom. The quantitative estimate of drug-likeness (QED) is 0.235. The third kappa shape index (κ3) is 0.846. The van der Waals surface area contributed by atoms with E-state index in [4.69, 9.17) is 5.11 Å². The number of rotatable bonds is 0. The van der Waals surface area contributed by atoms with E-state index < -0.39 is 40.3 Å². The molecule has 0 aromatic heterocycles. The molecule has 0 amide bonds. The lowest BCUT2D eigenvalue weighted by molar-refractivity contribution is 0.0442. The van der Waals surface area contributed by atoms with Gasteiger partial charge < -0.3 is 20.1 Å². The maximum atomic E-state index is 11.0. The molecule has 1 aromatic rings. The molecule has 1 heterocycles. The van der Waals surface area contributed by atoms with Crippen LogP contribution in [0.3, 0.4) is 0 Å². The van der Waals surface area contributed by atoms with Gasteiger partial charge in [0.15, 0.2) is 11.5 Å². The molecule has 6 nitrogen and oxygen atoms in total. The third-order valence-electron chi connectivity index (χ3n) is 1.85. The van der Waals surface area contributed by atoms with Crippen molar-refractivity contribution in [3.8, 4) is 17.2 Å². The standard InChI is InChI=1S/C8H4O6/c9-2-1-3(10)6(11)5-4(2)7(12)14-8(5)13/h1,9-11H. The number of carbonyl (C=O) groups is 2. The summed E-state index contributed by atoms with van der Waals surface area (Å²) in [5.41, 5.74) is -0.933. The minimum Gasteiger partial charge on any atom is -0.507 e. The Morgan fingerprint density at radius 3 is 2.14 bits per heavy atom. The lowest BCUT2D eigenvalue weighted by atomic mass is 10.1. The molecule has 1 aromatic carbocycles. The lowest BCUT2D eigenvalue weighted by Crippen LogP contribution is -1.97. The highest BCUT2D eigenvalue weighted by Crippen LogP contribution is 2.40. The smallest absolute Gasteiger partial charge is 0.351 e. The molecule has 0 saturated heterocycles. The van der Waals surface area contributed by atoms with Crippen LogP contribution in [0.25, 0.3) is 0 Å². The summed E-state index contributed by atoms with van der Waals surface area (Å²) in [4.78, 5) is 21.9. The molecule has 0 unspecified atom stereocenters. The number of benzene rings is 1. The van der Waals surface area contributed by atoms with Gasteiger partial charge in [-0.05, 0) is 0 Å². The number of carbonyl (C=O) groups excluding carboxylic acids is 2. The minimum atomic E-state index is -1.09. The van der Waals surface area contributed by atoms with Crippen molar-refractivity contribution in [2.75, 3.05) is 0 Å². The summed E-state index contributed by atoms with van der Waals surface area (Å²) in [7, 11) is 0. The van der Waals surface area contributed by atoms with Gasteiger partial charge in [0.05, 0.1) is 0 Å². The Labute approximate surface area is 77.0 Å². The molecule has 14 heavy (non-hydrogen) atoms. The van der Waals surface area contributed by atoms with Gasteiger partial charge in [0.25, 0.3) is 0 Å². The largest absolute Gasteiger partial charge is 0.507 e. The van der Waals surface area contributed by atoms with Gasteiger partial charge in [-0.25, -0.2) is 9.59 Å². The molecular formula is C8H4O6. The van der Waals surface area contributed by atoms with Crippen molar-refractivity contribution in [2.45, 2.75) is 0 Å². The van der Waals surface area contributed by atoms with E-state index in [0.29, 0.717) is 0 Å². The second-order valence-corrected chi connectivity index (χ2v) is 2.69. The van der Waals surface area contributed by atoms with Crippen LogP contribution in [-0.4, -0.2) is 27.3 Å². The van der Waals surface area contributed by atoms with Crippen LogP contribution in [-0.2, 0) is 4.74 Å². The Morgan fingerprint density at radius 2 is 1.50 bits per heavy atom. The number of hydrogen-bond donors (Lipinski definition) is 3. The molecule has 6 heteroatoms. The molecule has 0 bridgehead atoms. The number of phenolic OH excluding ortho intramolecular Hbond substituents is 3. The molecular weight excluding hydrogens is 192 g/mol. The number of ether oxygens (including phenoxy) is 1. The zero-order chi connectivity index (χ0) is 10.5. The average Bonchev–Trinajstić information content (AvgIpc) is 2.38. The number of hydrogen-bond acceptors (Lipinski definition) is 6. The first-order valence-corrected chi connectivity index (χ1v) is 3.56. The van der Waals surface area contributed by atoms with Gasteiger partial charge >= 0.3 is 11.9 Å². The van der Waals surface area contributed by atoms with Crippen LogP contribution in [0.4, 0.5) is 0 Å². The van der Waals surface area contributed by atoms with E-state index in [2.05, 4.69) is 4.74 Å². The van der Waals surface area contributed by atoms with E-state index in [1.807, 2.05) is 0 Å². The molecule has 0 saturated carbocycles. The van der Waals surface area contributed by atoms with Crippen LogP contribution in [0, 0.1) is 0 Å².